The van der Waals surface area contributed by atoms with Crippen LogP contribution in [-0.4, -0.2) is 59.2 Å². The van der Waals surface area contributed by atoms with Crippen molar-refractivity contribution in [3.05, 3.63) is 60.2 Å². The number of nitrogens with one attached hydrogen (secondary N) is 1. The van der Waals surface area contributed by atoms with Crippen LogP contribution in [0.5, 0.6) is 0 Å². The molecule has 214 valence electrons. The Morgan fingerprint density at radius 2 is 1.85 bits per heavy atom. The molecule has 0 radical (unpaired) electrons. The lowest BCUT2D eigenvalue weighted by molar-refractivity contribution is -0.137. The first kappa shape index (κ1) is 30.3. The van der Waals surface area contributed by atoms with Gasteiger partial charge in [-0.15, -0.1) is 13.2 Å². The SMILES string of the molecule is C=CCc1cccc2c1CN(C(=O)OC1CC(C)N(C(=O)C(NC(=O)OCC(C)(C)CC=C)C(C)(C)C)C1)C2. The summed E-state index contributed by atoms with van der Waals surface area (Å²) in [7, 11) is 0. The van der Waals surface area contributed by atoms with Crippen LogP contribution in [0.25, 0.3) is 0 Å². The van der Waals surface area contributed by atoms with Crippen LogP contribution in [0, 0.1) is 10.8 Å². The Morgan fingerprint density at radius 3 is 2.49 bits per heavy atom. The number of hydrogen-bond donors (Lipinski definition) is 1. The van der Waals surface area contributed by atoms with Gasteiger partial charge in [0, 0.05) is 31.0 Å². The Labute approximate surface area is 233 Å². The van der Waals surface area contributed by atoms with E-state index in [4.69, 9.17) is 9.47 Å². The van der Waals surface area contributed by atoms with Crippen LogP contribution in [0.15, 0.2) is 43.5 Å². The van der Waals surface area contributed by atoms with E-state index in [0.29, 0.717) is 25.9 Å². The molecule has 0 spiro atoms. The molecule has 2 aliphatic heterocycles. The number of ether oxygens (including phenoxy) is 2. The standard InChI is InChI=1S/C31H45N3O5/c1-9-12-22-13-11-14-23-17-33(19-25(22)23)29(37)39-24-16-21(3)34(18-24)27(35)26(30(4,5)6)32-28(36)38-20-31(7,8)15-10-2/h9-11,13-14,21,24,26H,1-2,12,15-20H2,3-8H3,(H,32,36). The summed E-state index contributed by atoms with van der Waals surface area (Å²) in [4.78, 5) is 42.8. The second-order valence-corrected chi connectivity index (χ2v) is 12.7. The molecule has 0 saturated carbocycles. The number of likely N-dealkylation sites (tertiary alicyclic amines) is 1. The maximum absolute atomic E-state index is 13.7. The minimum absolute atomic E-state index is 0.139. The van der Waals surface area contributed by atoms with Crippen molar-refractivity contribution >= 4 is 18.1 Å². The largest absolute Gasteiger partial charge is 0.449 e. The van der Waals surface area contributed by atoms with Gasteiger partial charge in [-0.3, -0.25) is 9.69 Å². The van der Waals surface area contributed by atoms with Crippen LogP contribution in [0.3, 0.4) is 0 Å². The van der Waals surface area contributed by atoms with Gasteiger partial charge >= 0.3 is 12.2 Å². The van der Waals surface area contributed by atoms with Crippen molar-refractivity contribution in [3.8, 4) is 0 Å². The van der Waals surface area contributed by atoms with Gasteiger partial charge in [-0.1, -0.05) is 65.0 Å². The van der Waals surface area contributed by atoms with Crippen molar-refractivity contribution in [1.29, 1.82) is 0 Å². The topological polar surface area (TPSA) is 88.2 Å². The zero-order valence-corrected chi connectivity index (χ0v) is 24.4. The van der Waals surface area contributed by atoms with Crippen LogP contribution < -0.4 is 5.32 Å². The quantitative estimate of drug-likeness (QED) is 0.413. The summed E-state index contributed by atoms with van der Waals surface area (Å²) in [5.74, 6) is -0.210. The molecule has 39 heavy (non-hydrogen) atoms. The molecule has 1 N–H and O–H groups in total. The lowest BCUT2D eigenvalue weighted by Gasteiger charge is -2.35. The highest BCUT2D eigenvalue weighted by molar-refractivity contribution is 5.87. The third-order valence-electron chi connectivity index (χ3n) is 7.46. The molecule has 3 rings (SSSR count). The van der Waals surface area contributed by atoms with Crippen molar-refractivity contribution in [3.63, 3.8) is 0 Å². The third-order valence-corrected chi connectivity index (χ3v) is 7.46. The number of hydrogen-bond acceptors (Lipinski definition) is 5. The second-order valence-electron chi connectivity index (χ2n) is 12.7. The van der Waals surface area contributed by atoms with Gasteiger partial charge in [-0.25, -0.2) is 9.59 Å². The predicted molar refractivity (Wildman–Crippen MR) is 152 cm³/mol. The summed E-state index contributed by atoms with van der Waals surface area (Å²) in [6.45, 7) is 20.7. The Bertz CT molecular complexity index is 1090. The van der Waals surface area contributed by atoms with Crippen molar-refractivity contribution in [2.24, 2.45) is 10.8 Å². The van der Waals surface area contributed by atoms with Crippen molar-refractivity contribution in [2.45, 2.75) is 92.1 Å². The summed E-state index contributed by atoms with van der Waals surface area (Å²) < 4.78 is 11.3. The van der Waals surface area contributed by atoms with Gasteiger partial charge in [0.1, 0.15) is 12.1 Å². The van der Waals surface area contributed by atoms with E-state index in [1.807, 2.05) is 59.8 Å². The molecule has 1 aromatic carbocycles. The lowest BCUT2D eigenvalue weighted by atomic mass is 9.85. The van der Waals surface area contributed by atoms with Gasteiger partial charge in [0.15, 0.2) is 0 Å². The van der Waals surface area contributed by atoms with Gasteiger partial charge in [0.2, 0.25) is 5.91 Å². The summed E-state index contributed by atoms with van der Waals surface area (Å²) in [5, 5.41) is 2.79. The van der Waals surface area contributed by atoms with E-state index < -0.39 is 23.7 Å². The Kier molecular flexibility index (Phi) is 9.51. The number of fused-ring (bicyclic) bond motifs is 1. The highest BCUT2D eigenvalue weighted by atomic mass is 16.6. The number of rotatable bonds is 9. The summed E-state index contributed by atoms with van der Waals surface area (Å²) in [6, 6.07) is 5.18. The van der Waals surface area contributed by atoms with E-state index in [-0.39, 0.29) is 36.6 Å². The first-order valence-corrected chi connectivity index (χ1v) is 13.8. The average Bonchev–Trinajstić information content (AvgIpc) is 3.44. The molecular formula is C31H45N3O5. The third kappa shape index (κ3) is 7.64. The molecule has 1 fully saturated rings. The van der Waals surface area contributed by atoms with E-state index in [2.05, 4.69) is 24.5 Å². The van der Waals surface area contributed by atoms with Gasteiger partial charge < -0.3 is 19.7 Å². The van der Waals surface area contributed by atoms with Crippen molar-refractivity contribution < 1.29 is 23.9 Å². The molecule has 0 bridgehead atoms. The number of carbonyl (C=O) groups is 3. The zero-order chi connectivity index (χ0) is 29.0. The van der Waals surface area contributed by atoms with Crippen LogP contribution in [0.2, 0.25) is 0 Å². The maximum Gasteiger partial charge on any atom is 0.410 e. The van der Waals surface area contributed by atoms with Crippen molar-refractivity contribution in [1.82, 2.24) is 15.1 Å². The van der Waals surface area contributed by atoms with Gasteiger partial charge in [0.05, 0.1) is 13.2 Å². The highest BCUT2D eigenvalue weighted by Crippen LogP contribution is 2.30. The summed E-state index contributed by atoms with van der Waals surface area (Å²) in [5.41, 5.74) is 2.66. The Balaban J connectivity index is 1.60. The smallest absolute Gasteiger partial charge is 0.410 e. The van der Waals surface area contributed by atoms with E-state index in [9.17, 15) is 14.4 Å². The Morgan fingerprint density at radius 1 is 1.13 bits per heavy atom. The highest BCUT2D eigenvalue weighted by Gasteiger charge is 2.43. The molecule has 3 unspecified atom stereocenters. The molecular weight excluding hydrogens is 494 g/mol. The lowest BCUT2D eigenvalue weighted by Crippen LogP contribution is -2.55. The number of alkyl carbamates (subject to hydrolysis) is 1. The number of allylic oxidation sites excluding steroid dienone is 2. The van der Waals surface area contributed by atoms with Crippen LogP contribution in [0.4, 0.5) is 9.59 Å². The van der Waals surface area contributed by atoms with Crippen LogP contribution in [0.1, 0.15) is 71.1 Å². The molecule has 1 saturated heterocycles. The van der Waals surface area contributed by atoms with Crippen LogP contribution >= 0.6 is 0 Å². The monoisotopic (exact) mass is 539 g/mol. The number of amides is 3. The Hall–Kier alpha value is -3.29. The van der Waals surface area contributed by atoms with E-state index >= 15 is 0 Å². The van der Waals surface area contributed by atoms with Crippen molar-refractivity contribution in [2.75, 3.05) is 13.2 Å². The fraction of sp³-hybridized carbons (Fsp3) is 0.581. The summed E-state index contributed by atoms with van der Waals surface area (Å²) in [6.07, 6.45) is 4.24. The average molecular weight is 540 g/mol. The number of carbonyl (C=O) groups excluding carboxylic acids is 3. The molecule has 1 aromatic rings. The maximum atomic E-state index is 13.7. The fourth-order valence-electron chi connectivity index (χ4n) is 5.24. The molecule has 0 aromatic heterocycles. The van der Waals surface area contributed by atoms with Crippen LogP contribution in [-0.2, 0) is 33.8 Å². The first-order chi connectivity index (χ1) is 18.3. The zero-order valence-electron chi connectivity index (χ0n) is 24.4. The van der Waals surface area contributed by atoms with E-state index in [1.165, 1.54) is 5.56 Å². The minimum atomic E-state index is -0.791. The molecule has 0 aliphatic carbocycles. The number of nitrogens with zero attached hydrogens (tertiary/aromatic N) is 2. The molecule has 3 atom stereocenters. The summed E-state index contributed by atoms with van der Waals surface area (Å²) >= 11 is 0. The minimum Gasteiger partial charge on any atom is -0.449 e. The molecule has 2 aliphatic rings. The number of benzene rings is 1. The van der Waals surface area contributed by atoms with Gasteiger partial charge in [-0.05, 0) is 41.9 Å². The van der Waals surface area contributed by atoms with Gasteiger partial charge in [0.25, 0.3) is 0 Å². The first-order valence-electron chi connectivity index (χ1n) is 13.8. The molecule has 8 nitrogen and oxygen atoms in total. The normalized spacial score (nSPS) is 19.7. The molecule has 2 heterocycles. The predicted octanol–water partition coefficient (Wildman–Crippen LogP) is 5.60. The van der Waals surface area contributed by atoms with Gasteiger partial charge in [-0.2, -0.15) is 0 Å². The molecule has 3 amide bonds. The second kappa shape index (κ2) is 12.3. The fourth-order valence-corrected chi connectivity index (χ4v) is 5.24. The van der Waals surface area contributed by atoms with E-state index in [1.54, 1.807) is 15.9 Å². The molecule has 8 heteroatoms. The van der Waals surface area contributed by atoms with E-state index in [0.717, 1.165) is 17.5 Å².